The first-order valence-corrected chi connectivity index (χ1v) is 11.2. The highest BCUT2D eigenvalue weighted by molar-refractivity contribution is 5.64. The van der Waals surface area contributed by atoms with Gasteiger partial charge in [0.2, 0.25) is 5.95 Å². The van der Waals surface area contributed by atoms with Crippen LogP contribution in [0.2, 0.25) is 0 Å². The quantitative estimate of drug-likeness (QED) is 0.817. The number of piperidine rings is 1. The Kier molecular flexibility index (Phi) is 5.44. The lowest BCUT2D eigenvalue weighted by Gasteiger charge is -2.33. The van der Waals surface area contributed by atoms with Gasteiger partial charge in [-0.25, -0.2) is 4.98 Å². The summed E-state index contributed by atoms with van der Waals surface area (Å²) in [6, 6.07) is 5.86. The number of fused-ring (bicyclic) bond motifs is 2. The number of nitrogens with one attached hydrogen (secondary N) is 1. The second-order valence-corrected chi connectivity index (χ2v) is 8.96. The molecule has 3 aliphatic rings. The first kappa shape index (κ1) is 20.1. The maximum Gasteiger partial charge on any atom is 0.257 e. The molecule has 0 amide bonds. The number of ether oxygens (including phenoxy) is 2. The van der Waals surface area contributed by atoms with Crippen molar-refractivity contribution >= 4 is 12.0 Å². The highest BCUT2D eigenvalue weighted by Gasteiger charge is 2.25. The first-order chi connectivity index (χ1) is 15.1. The zero-order valence-electron chi connectivity index (χ0n) is 18.3. The van der Waals surface area contributed by atoms with Crippen molar-refractivity contribution < 1.29 is 9.47 Å². The summed E-state index contributed by atoms with van der Waals surface area (Å²) >= 11 is 0. The van der Waals surface area contributed by atoms with Gasteiger partial charge in [-0.3, -0.25) is 14.7 Å². The molecule has 0 radical (unpaired) electrons. The van der Waals surface area contributed by atoms with Crippen LogP contribution >= 0.6 is 0 Å². The summed E-state index contributed by atoms with van der Waals surface area (Å²) in [5, 5.41) is 0. The number of hydrogen-bond donors (Lipinski definition) is 1. The standard InChI is InChI=1S/C24H30N4O3/c1-16-4-3-8-28(12-16)24-25-21-7-9-27(14-20(21)23(29)26-24)13-17-10-18-11-19(30-2)5-6-22(18)31-15-17/h5-6,10-11,16H,3-4,7-9,12-15H2,1-2H3,(H,25,26,29). The minimum absolute atomic E-state index is 0.00637. The van der Waals surface area contributed by atoms with E-state index in [2.05, 4.69) is 27.8 Å². The predicted molar refractivity (Wildman–Crippen MR) is 121 cm³/mol. The Balaban J connectivity index is 1.31. The molecular formula is C24H30N4O3. The fourth-order valence-electron chi connectivity index (χ4n) is 4.84. The molecule has 7 heteroatoms. The number of methoxy groups -OCH3 is 1. The average Bonchev–Trinajstić information content (AvgIpc) is 2.79. The highest BCUT2D eigenvalue weighted by Crippen LogP contribution is 2.30. The Morgan fingerprint density at radius 3 is 3.06 bits per heavy atom. The smallest absolute Gasteiger partial charge is 0.257 e. The van der Waals surface area contributed by atoms with Crippen molar-refractivity contribution in [2.75, 3.05) is 44.8 Å². The van der Waals surface area contributed by atoms with E-state index in [1.54, 1.807) is 7.11 Å². The normalized spacial score (nSPS) is 21.0. The molecule has 0 aliphatic carbocycles. The largest absolute Gasteiger partial charge is 0.497 e. The van der Waals surface area contributed by atoms with Crippen molar-refractivity contribution in [2.45, 2.75) is 32.7 Å². The monoisotopic (exact) mass is 422 g/mol. The molecule has 1 N–H and O–H groups in total. The van der Waals surface area contributed by atoms with E-state index in [0.29, 0.717) is 19.1 Å². The van der Waals surface area contributed by atoms with Crippen LogP contribution in [0.1, 0.15) is 36.6 Å². The number of aromatic nitrogens is 2. The lowest BCUT2D eigenvalue weighted by molar-refractivity contribution is 0.254. The Hall–Kier alpha value is -2.80. The molecule has 3 aliphatic heterocycles. The SMILES string of the molecule is COc1ccc2c(c1)C=C(CN1CCc3nc(N4CCCC(C)C4)[nH]c(=O)c3C1)CO2. The second-order valence-electron chi connectivity index (χ2n) is 8.96. The fourth-order valence-corrected chi connectivity index (χ4v) is 4.84. The summed E-state index contributed by atoms with van der Waals surface area (Å²) in [4.78, 5) is 25.3. The van der Waals surface area contributed by atoms with E-state index in [1.807, 2.05) is 18.2 Å². The lowest BCUT2D eigenvalue weighted by Crippen LogP contribution is -2.40. The fraction of sp³-hybridized carbons (Fsp3) is 0.500. The molecule has 164 valence electrons. The van der Waals surface area contributed by atoms with Crippen LogP contribution in [0.4, 0.5) is 5.95 Å². The summed E-state index contributed by atoms with van der Waals surface area (Å²) in [5.74, 6) is 3.09. The number of nitrogens with zero attached hydrogens (tertiary/aromatic N) is 3. The minimum atomic E-state index is 0.00637. The van der Waals surface area contributed by atoms with Gasteiger partial charge in [0.05, 0.1) is 18.4 Å². The van der Waals surface area contributed by atoms with E-state index in [-0.39, 0.29) is 5.56 Å². The number of aromatic amines is 1. The molecule has 31 heavy (non-hydrogen) atoms. The van der Waals surface area contributed by atoms with Gasteiger partial charge in [0.15, 0.2) is 0 Å². The van der Waals surface area contributed by atoms with Gasteiger partial charge >= 0.3 is 0 Å². The second kappa shape index (κ2) is 8.38. The van der Waals surface area contributed by atoms with Gasteiger partial charge in [0.25, 0.3) is 5.56 Å². The van der Waals surface area contributed by atoms with Gasteiger partial charge < -0.3 is 14.4 Å². The zero-order chi connectivity index (χ0) is 21.4. The van der Waals surface area contributed by atoms with E-state index in [1.165, 1.54) is 12.0 Å². The molecule has 0 bridgehead atoms. The molecule has 0 spiro atoms. The van der Waals surface area contributed by atoms with Crippen molar-refractivity contribution in [2.24, 2.45) is 5.92 Å². The minimum Gasteiger partial charge on any atom is -0.497 e. The van der Waals surface area contributed by atoms with Gasteiger partial charge in [0.1, 0.15) is 18.1 Å². The van der Waals surface area contributed by atoms with Crippen molar-refractivity contribution in [3.63, 3.8) is 0 Å². The first-order valence-electron chi connectivity index (χ1n) is 11.2. The summed E-state index contributed by atoms with van der Waals surface area (Å²) in [5.41, 5.74) is 4.01. The summed E-state index contributed by atoms with van der Waals surface area (Å²) in [7, 11) is 1.67. The number of H-pyrrole nitrogens is 1. The lowest BCUT2D eigenvalue weighted by atomic mass is 10.0. The molecule has 1 aromatic carbocycles. The van der Waals surface area contributed by atoms with Crippen LogP contribution in [0, 0.1) is 5.92 Å². The van der Waals surface area contributed by atoms with Gasteiger partial charge in [0, 0.05) is 44.7 Å². The van der Waals surface area contributed by atoms with Crippen LogP contribution in [-0.2, 0) is 13.0 Å². The molecule has 2 aromatic rings. The van der Waals surface area contributed by atoms with E-state index < -0.39 is 0 Å². The van der Waals surface area contributed by atoms with Gasteiger partial charge in [-0.15, -0.1) is 0 Å². The van der Waals surface area contributed by atoms with Gasteiger partial charge in [-0.2, -0.15) is 0 Å². The summed E-state index contributed by atoms with van der Waals surface area (Å²) < 4.78 is 11.3. The van der Waals surface area contributed by atoms with Crippen LogP contribution < -0.4 is 19.9 Å². The molecule has 0 saturated carbocycles. The van der Waals surface area contributed by atoms with Crippen LogP contribution in [0.15, 0.2) is 28.6 Å². The maximum absolute atomic E-state index is 12.9. The zero-order valence-corrected chi connectivity index (χ0v) is 18.3. The third kappa shape index (κ3) is 4.19. The number of anilines is 1. The van der Waals surface area contributed by atoms with Crippen molar-refractivity contribution in [3.05, 3.63) is 50.9 Å². The molecule has 1 aromatic heterocycles. The van der Waals surface area contributed by atoms with E-state index in [4.69, 9.17) is 14.5 Å². The summed E-state index contributed by atoms with van der Waals surface area (Å²) in [6.07, 6.45) is 5.38. The summed E-state index contributed by atoms with van der Waals surface area (Å²) in [6.45, 7) is 7.06. The Morgan fingerprint density at radius 1 is 1.32 bits per heavy atom. The Bertz CT molecular complexity index is 1060. The maximum atomic E-state index is 12.9. The Labute approximate surface area is 182 Å². The molecule has 1 saturated heterocycles. The molecule has 1 atom stereocenters. The highest BCUT2D eigenvalue weighted by atomic mass is 16.5. The van der Waals surface area contributed by atoms with Crippen molar-refractivity contribution in [1.82, 2.24) is 14.9 Å². The third-order valence-electron chi connectivity index (χ3n) is 6.51. The van der Waals surface area contributed by atoms with Crippen molar-refractivity contribution in [1.29, 1.82) is 0 Å². The molecule has 1 unspecified atom stereocenters. The number of benzene rings is 1. The Morgan fingerprint density at radius 2 is 2.23 bits per heavy atom. The molecular weight excluding hydrogens is 392 g/mol. The number of hydrogen-bond acceptors (Lipinski definition) is 6. The van der Waals surface area contributed by atoms with Crippen LogP contribution in [-0.4, -0.2) is 54.8 Å². The van der Waals surface area contributed by atoms with Crippen LogP contribution in [0.3, 0.4) is 0 Å². The van der Waals surface area contributed by atoms with Crippen LogP contribution in [0.25, 0.3) is 6.08 Å². The third-order valence-corrected chi connectivity index (χ3v) is 6.51. The van der Waals surface area contributed by atoms with E-state index >= 15 is 0 Å². The average molecular weight is 423 g/mol. The molecule has 7 nitrogen and oxygen atoms in total. The molecule has 1 fully saturated rings. The molecule has 4 heterocycles. The van der Waals surface area contributed by atoms with E-state index in [9.17, 15) is 4.79 Å². The van der Waals surface area contributed by atoms with Crippen LogP contribution in [0.5, 0.6) is 11.5 Å². The van der Waals surface area contributed by atoms with Crippen molar-refractivity contribution in [3.8, 4) is 11.5 Å². The predicted octanol–water partition coefficient (Wildman–Crippen LogP) is 2.85. The van der Waals surface area contributed by atoms with Gasteiger partial charge in [-0.05, 0) is 48.6 Å². The molecule has 5 rings (SSSR count). The topological polar surface area (TPSA) is 70.7 Å². The van der Waals surface area contributed by atoms with Gasteiger partial charge in [-0.1, -0.05) is 6.92 Å². The van der Waals surface area contributed by atoms with E-state index in [0.717, 1.165) is 73.3 Å². The number of rotatable bonds is 4.